The Kier molecular flexibility index (Phi) is 5.17. The summed E-state index contributed by atoms with van der Waals surface area (Å²) in [5.74, 6) is 0.533. The van der Waals surface area contributed by atoms with Gasteiger partial charge in [-0.3, -0.25) is 9.59 Å². The lowest BCUT2D eigenvalue weighted by atomic mass is 10.1. The smallest absolute Gasteiger partial charge is 0.248 e. The van der Waals surface area contributed by atoms with Crippen LogP contribution in [0, 0.1) is 0 Å². The fraction of sp³-hybridized carbons (Fsp3) is 0.320. The Morgan fingerprint density at radius 1 is 1.12 bits per heavy atom. The maximum Gasteiger partial charge on any atom is 0.248 e. The number of aromatic nitrogens is 3. The standard InChI is InChI=1S/C25H27N5O3/c1-15(2)25-27-18-5-3-4-6-20(18)30(25)14-23(32)28-12-21(22(31)13-28)29-10-9-16-11-17(24(26)33)7-8-19(16)29/h3-11,15,21-22,31H,12-14H2,1-2H3,(H2,26,33)/t21-,22-/m1/s1. The number of carbonyl (C=O) groups is 2. The molecule has 5 rings (SSSR count). The molecule has 8 nitrogen and oxygen atoms in total. The monoisotopic (exact) mass is 445 g/mol. The van der Waals surface area contributed by atoms with Gasteiger partial charge in [0.1, 0.15) is 12.4 Å². The number of hydrogen-bond donors (Lipinski definition) is 2. The van der Waals surface area contributed by atoms with E-state index in [2.05, 4.69) is 13.8 Å². The highest BCUT2D eigenvalue weighted by molar-refractivity contribution is 5.97. The number of fused-ring (bicyclic) bond motifs is 2. The van der Waals surface area contributed by atoms with Gasteiger partial charge in [-0.25, -0.2) is 4.98 Å². The summed E-state index contributed by atoms with van der Waals surface area (Å²) >= 11 is 0. The minimum atomic E-state index is -0.690. The number of nitrogens with zero attached hydrogens (tertiary/aromatic N) is 4. The summed E-state index contributed by atoms with van der Waals surface area (Å²) < 4.78 is 3.96. The molecule has 0 radical (unpaired) electrons. The van der Waals surface area contributed by atoms with Crippen LogP contribution in [-0.4, -0.2) is 55.1 Å². The number of amides is 2. The number of hydrogen-bond acceptors (Lipinski definition) is 4. The zero-order chi connectivity index (χ0) is 23.3. The third-order valence-corrected chi connectivity index (χ3v) is 6.47. The highest BCUT2D eigenvalue weighted by atomic mass is 16.3. The van der Waals surface area contributed by atoms with Gasteiger partial charge in [-0.2, -0.15) is 0 Å². The Bertz CT molecular complexity index is 1370. The fourth-order valence-electron chi connectivity index (χ4n) is 4.79. The van der Waals surface area contributed by atoms with E-state index >= 15 is 0 Å². The Hall–Kier alpha value is -3.65. The minimum Gasteiger partial charge on any atom is -0.389 e. The van der Waals surface area contributed by atoms with Crippen LogP contribution in [0.2, 0.25) is 0 Å². The lowest BCUT2D eigenvalue weighted by Crippen LogP contribution is -2.33. The van der Waals surface area contributed by atoms with Crippen molar-refractivity contribution in [2.24, 2.45) is 5.73 Å². The number of carbonyl (C=O) groups excluding carboxylic acids is 2. The normalized spacial score (nSPS) is 18.6. The molecular formula is C25H27N5O3. The van der Waals surface area contributed by atoms with Crippen LogP contribution in [0.3, 0.4) is 0 Å². The SMILES string of the molecule is CC(C)c1nc2ccccc2n1CC(=O)N1C[C@@H](O)[C@H](n2ccc3cc(C(N)=O)ccc32)C1. The number of benzene rings is 2. The van der Waals surface area contributed by atoms with Crippen molar-refractivity contribution in [2.75, 3.05) is 13.1 Å². The molecule has 3 heterocycles. The van der Waals surface area contributed by atoms with Crippen molar-refractivity contribution in [3.05, 3.63) is 66.1 Å². The van der Waals surface area contributed by atoms with Gasteiger partial charge in [-0.1, -0.05) is 26.0 Å². The molecule has 1 aliphatic rings. The number of primary amides is 1. The van der Waals surface area contributed by atoms with Crippen LogP contribution in [0.25, 0.3) is 21.9 Å². The number of β-amino-alcohol motifs (C(OH)–C–C–N with tert-alkyl or cyclic N) is 1. The van der Waals surface area contributed by atoms with E-state index in [1.165, 1.54) is 0 Å². The number of aliphatic hydroxyl groups is 1. The molecule has 1 fully saturated rings. The number of likely N-dealkylation sites (tertiary alicyclic amines) is 1. The predicted molar refractivity (Wildman–Crippen MR) is 126 cm³/mol. The summed E-state index contributed by atoms with van der Waals surface area (Å²) in [4.78, 5) is 31.2. The largest absolute Gasteiger partial charge is 0.389 e. The summed E-state index contributed by atoms with van der Waals surface area (Å²) in [6.07, 6.45) is 1.20. The van der Waals surface area contributed by atoms with E-state index in [9.17, 15) is 14.7 Å². The van der Waals surface area contributed by atoms with Gasteiger partial charge < -0.3 is 24.9 Å². The highest BCUT2D eigenvalue weighted by Crippen LogP contribution is 2.29. The first kappa shape index (κ1) is 21.2. The van der Waals surface area contributed by atoms with E-state index in [1.807, 2.05) is 51.7 Å². The van der Waals surface area contributed by atoms with Crippen molar-refractivity contribution in [3.63, 3.8) is 0 Å². The zero-order valence-corrected chi connectivity index (χ0v) is 18.7. The van der Waals surface area contributed by atoms with Crippen molar-refractivity contribution >= 4 is 33.8 Å². The van der Waals surface area contributed by atoms with Crippen LogP contribution in [0.5, 0.6) is 0 Å². The first-order valence-corrected chi connectivity index (χ1v) is 11.1. The zero-order valence-electron chi connectivity index (χ0n) is 18.7. The summed E-state index contributed by atoms with van der Waals surface area (Å²) in [6, 6.07) is 14.7. The van der Waals surface area contributed by atoms with Gasteiger partial charge in [-0.05, 0) is 36.4 Å². The molecule has 2 amide bonds. The summed E-state index contributed by atoms with van der Waals surface area (Å²) in [5, 5.41) is 11.7. The van der Waals surface area contributed by atoms with Crippen LogP contribution < -0.4 is 5.73 Å². The predicted octanol–water partition coefficient (Wildman–Crippen LogP) is 2.66. The maximum absolute atomic E-state index is 13.3. The van der Waals surface area contributed by atoms with E-state index in [-0.39, 0.29) is 31.0 Å². The van der Waals surface area contributed by atoms with Gasteiger partial charge in [-0.15, -0.1) is 0 Å². The summed E-state index contributed by atoms with van der Waals surface area (Å²) in [7, 11) is 0. The maximum atomic E-state index is 13.3. The Labute approximate surface area is 191 Å². The molecule has 3 N–H and O–H groups in total. The van der Waals surface area contributed by atoms with E-state index in [1.54, 1.807) is 17.0 Å². The van der Waals surface area contributed by atoms with Crippen molar-refractivity contribution in [1.82, 2.24) is 19.0 Å². The molecule has 4 aromatic rings. The van der Waals surface area contributed by atoms with E-state index in [0.29, 0.717) is 12.1 Å². The van der Waals surface area contributed by atoms with E-state index in [0.717, 1.165) is 27.8 Å². The fourth-order valence-corrected chi connectivity index (χ4v) is 4.79. The third-order valence-electron chi connectivity index (χ3n) is 6.47. The van der Waals surface area contributed by atoms with Crippen molar-refractivity contribution < 1.29 is 14.7 Å². The molecule has 2 aromatic heterocycles. The highest BCUT2D eigenvalue weighted by Gasteiger charge is 2.36. The van der Waals surface area contributed by atoms with Crippen LogP contribution in [-0.2, 0) is 11.3 Å². The molecule has 0 unspecified atom stereocenters. The Balaban J connectivity index is 1.39. The van der Waals surface area contributed by atoms with Gasteiger partial charge in [0.05, 0.1) is 23.2 Å². The molecule has 1 aliphatic heterocycles. The molecular weight excluding hydrogens is 418 g/mol. The Morgan fingerprint density at radius 3 is 2.67 bits per heavy atom. The topological polar surface area (TPSA) is 106 Å². The van der Waals surface area contributed by atoms with E-state index in [4.69, 9.17) is 10.7 Å². The van der Waals surface area contributed by atoms with Crippen molar-refractivity contribution in [1.29, 1.82) is 0 Å². The number of aliphatic hydroxyl groups excluding tert-OH is 1. The number of para-hydroxylation sites is 2. The number of rotatable bonds is 5. The minimum absolute atomic E-state index is 0.0471. The lowest BCUT2D eigenvalue weighted by Gasteiger charge is -2.19. The van der Waals surface area contributed by atoms with Crippen molar-refractivity contribution in [3.8, 4) is 0 Å². The van der Waals surface area contributed by atoms with Gasteiger partial charge in [0.2, 0.25) is 11.8 Å². The van der Waals surface area contributed by atoms with Crippen LogP contribution >= 0.6 is 0 Å². The number of imidazole rings is 1. The second kappa shape index (κ2) is 8.04. The molecule has 1 saturated heterocycles. The molecule has 0 aliphatic carbocycles. The third kappa shape index (κ3) is 3.66. The molecule has 170 valence electrons. The molecule has 0 saturated carbocycles. The number of nitrogens with two attached hydrogens (primary N) is 1. The molecule has 0 spiro atoms. The average Bonchev–Trinajstić information content (AvgIpc) is 3.48. The molecule has 2 aromatic carbocycles. The molecule has 33 heavy (non-hydrogen) atoms. The van der Waals surface area contributed by atoms with Gasteiger partial charge in [0, 0.05) is 41.7 Å². The van der Waals surface area contributed by atoms with Gasteiger partial charge in [0.15, 0.2) is 0 Å². The quantitative estimate of drug-likeness (QED) is 0.492. The Morgan fingerprint density at radius 2 is 1.91 bits per heavy atom. The van der Waals surface area contributed by atoms with Crippen molar-refractivity contribution in [2.45, 2.75) is 38.5 Å². The molecule has 0 bridgehead atoms. The van der Waals surface area contributed by atoms with E-state index < -0.39 is 12.0 Å². The lowest BCUT2D eigenvalue weighted by molar-refractivity contribution is -0.131. The molecule has 2 atom stereocenters. The second-order valence-electron chi connectivity index (χ2n) is 8.99. The molecule has 8 heteroatoms. The summed E-state index contributed by atoms with van der Waals surface area (Å²) in [6.45, 7) is 5.00. The van der Waals surface area contributed by atoms with Gasteiger partial charge in [0.25, 0.3) is 0 Å². The van der Waals surface area contributed by atoms with Crippen LogP contribution in [0.1, 0.15) is 42.0 Å². The summed E-state index contributed by atoms with van der Waals surface area (Å²) in [5.41, 5.74) is 8.54. The van der Waals surface area contributed by atoms with Crippen LogP contribution in [0.15, 0.2) is 54.7 Å². The first-order valence-electron chi connectivity index (χ1n) is 11.1. The van der Waals surface area contributed by atoms with Gasteiger partial charge >= 0.3 is 0 Å². The van der Waals surface area contributed by atoms with Crippen LogP contribution in [0.4, 0.5) is 0 Å². The first-order chi connectivity index (χ1) is 15.8. The average molecular weight is 446 g/mol. The second-order valence-corrected chi connectivity index (χ2v) is 8.99.